The lowest BCUT2D eigenvalue weighted by atomic mass is 10.1. The van der Waals surface area contributed by atoms with Crippen molar-refractivity contribution in [3.63, 3.8) is 0 Å². The summed E-state index contributed by atoms with van der Waals surface area (Å²) in [4.78, 5) is 5.18. The highest BCUT2D eigenvalue weighted by molar-refractivity contribution is 5.77. The van der Waals surface area contributed by atoms with Gasteiger partial charge in [-0.15, -0.1) is 0 Å². The zero-order valence-electron chi connectivity index (χ0n) is 9.74. The molecule has 0 radical (unpaired) electrons. The Morgan fingerprint density at radius 1 is 1.25 bits per heavy atom. The van der Waals surface area contributed by atoms with Crippen LogP contribution in [-0.4, -0.2) is 65.6 Å². The minimum atomic E-state index is 0. The second-order valence-electron chi connectivity index (χ2n) is 4.86. The SMILES string of the molecule is NCCC1C[N+]2=C3N(CCCN31)CCC2.[Cl-]. The quantitative estimate of drug-likeness (QED) is 0.512. The molecular formula is C11H21ClN4. The molecule has 0 amide bonds. The summed E-state index contributed by atoms with van der Waals surface area (Å²) in [5, 5.41) is 0. The molecule has 16 heavy (non-hydrogen) atoms. The van der Waals surface area contributed by atoms with Crippen molar-refractivity contribution < 1.29 is 17.0 Å². The fourth-order valence-corrected chi connectivity index (χ4v) is 3.27. The second kappa shape index (κ2) is 4.80. The van der Waals surface area contributed by atoms with E-state index in [0.29, 0.717) is 6.04 Å². The highest BCUT2D eigenvalue weighted by Crippen LogP contribution is 2.23. The Kier molecular flexibility index (Phi) is 3.60. The van der Waals surface area contributed by atoms with E-state index in [-0.39, 0.29) is 12.4 Å². The number of nitrogens with zero attached hydrogens (tertiary/aromatic N) is 3. The van der Waals surface area contributed by atoms with Gasteiger partial charge in [0.1, 0.15) is 12.6 Å². The summed E-state index contributed by atoms with van der Waals surface area (Å²) >= 11 is 0. The molecule has 0 saturated carbocycles. The van der Waals surface area contributed by atoms with Crippen LogP contribution in [0.1, 0.15) is 19.3 Å². The lowest BCUT2D eigenvalue weighted by Crippen LogP contribution is -3.00. The van der Waals surface area contributed by atoms with Crippen LogP contribution in [0.4, 0.5) is 0 Å². The minimum absolute atomic E-state index is 0. The largest absolute Gasteiger partial charge is 1.00 e. The van der Waals surface area contributed by atoms with Crippen molar-refractivity contribution in [3.8, 4) is 0 Å². The molecule has 1 fully saturated rings. The lowest BCUT2D eigenvalue weighted by molar-refractivity contribution is -0.531. The predicted molar refractivity (Wildman–Crippen MR) is 60.0 cm³/mol. The van der Waals surface area contributed by atoms with Gasteiger partial charge in [0.25, 0.3) is 0 Å². The van der Waals surface area contributed by atoms with Gasteiger partial charge in [0.2, 0.25) is 0 Å². The molecule has 0 bridgehead atoms. The van der Waals surface area contributed by atoms with Gasteiger partial charge in [0.15, 0.2) is 0 Å². The van der Waals surface area contributed by atoms with Crippen LogP contribution in [0.5, 0.6) is 0 Å². The summed E-state index contributed by atoms with van der Waals surface area (Å²) in [6, 6.07) is 0.686. The molecule has 3 aliphatic rings. The van der Waals surface area contributed by atoms with E-state index in [9.17, 15) is 0 Å². The van der Waals surface area contributed by atoms with Crippen LogP contribution in [0.25, 0.3) is 0 Å². The molecule has 0 aromatic carbocycles. The Hall–Kier alpha value is -0.480. The van der Waals surface area contributed by atoms with Crippen LogP contribution in [0.15, 0.2) is 0 Å². The summed E-state index contributed by atoms with van der Waals surface area (Å²) in [6.07, 6.45) is 3.79. The van der Waals surface area contributed by atoms with Crippen molar-refractivity contribution in [2.75, 3.05) is 39.3 Å². The summed E-state index contributed by atoms with van der Waals surface area (Å²) in [6.45, 7) is 7.05. The van der Waals surface area contributed by atoms with Crippen molar-refractivity contribution in [3.05, 3.63) is 0 Å². The topological polar surface area (TPSA) is 35.5 Å². The maximum atomic E-state index is 5.70. The van der Waals surface area contributed by atoms with Crippen LogP contribution in [0, 0.1) is 0 Å². The van der Waals surface area contributed by atoms with Gasteiger partial charge < -0.3 is 18.1 Å². The van der Waals surface area contributed by atoms with E-state index in [2.05, 4.69) is 14.4 Å². The maximum Gasteiger partial charge on any atom is 0.350 e. The first-order valence-corrected chi connectivity index (χ1v) is 6.23. The van der Waals surface area contributed by atoms with E-state index in [1.165, 1.54) is 51.5 Å². The Bertz CT molecular complexity index is 292. The van der Waals surface area contributed by atoms with Crippen LogP contribution in [-0.2, 0) is 0 Å². The molecule has 0 aromatic rings. The molecule has 3 aliphatic heterocycles. The van der Waals surface area contributed by atoms with E-state index < -0.39 is 0 Å². The third kappa shape index (κ3) is 1.78. The number of hydrogen-bond donors (Lipinski definition) is 1. The van der Waals surface area contributed by atoms with Gasteiger partial charge >= 0.3 is 5.96 Å². The van der Waals surface area contributed by atoms with Crippen LogP contribution in [0.2, 0.25) is 0 Å². The molecule has 1 saturated heterocycles. The van der Waals surface area contributed by atoms with E-state index in [4.69, 9.17) is 5.73 Å². The predicted octanol–water partition coefficient (Wildman–Crippen LogP) is -3.50. The Morgan fingerprint density at radius 2 is 2.06 bits per heavy atom. The average Bonchev–Trinajstić information content (AvgIpc) is 2.61. The number of rotatable bonds is 2. The van der Waals surface area contributed by atoms with Crippen LogP contribution in [0.3, 0.4) is 0 Å². The summed E-state index contributed by atoms with van der Waals surface area (Å²) in [5.74, 6) is 1.52. The smallest absolute Gasteiger partial charge is 0.350 e. The first kappa shape index (κ1) is 12.0. The zero-order valence-corrected chi connectivity index (χ0v) is 10.5. The molecule has 2 N–H and O–H groups in total. The van der Waals surface area contributed by atoms with Crippen LogP contribution < -0.4 is 18.1 Å². The summed E-state index contributed by atoms with van der Waals surface area (Å²) in [5.41, 5.74) is 5.70. The van der Waals surface area contributed by atoms with Crippen molar-refractivity contribution in [1.29, 1.82) is 0 Å². The highest BCUT2D eigenvalue weighted by atomic mass is 35.5. The molecule has 0 aromatic heterocycles. The van der Waals surface area contributed by atoms with Gasteiger partial charge in [-0.05, 0) is 13.0 Å². The third-order valence-electron chi connectivity index (χ3n) is 3.88. The molecule has 1 atom stereocenters. The molecule has 3 heterocycles. The number of guanidine groups is 1. The van der Waals surface area contributed by atoms with Crippen molar-refractivity contribution in [1.82, 2.24) is 9.80 Å². The molecule has 1 unspecified atom stereocenters. The van der Waals surface area contributed by atoms with Gasteiger partial charge in [-0.1, -0.05) is 0 Å². The molecular weight excluding hydrogens is 224 g/mol. The molecule has 0 aliphatic carbocycles. The molecule has 92 valence electrons. The Labute approximate surface area is 103 Å². The fourth-order valence-electron chi connectivity index (χ4n) is 3.27. The number of halogens is 1. The Balaban J connectivity index is 0.000000963. The Morgan fingerprint density at radius 3 is 2.88 bits per heavy atom. The highest BCUT2D eigenvalue weighted by Gasteiger charge is 2.45. The minimum Gasteiger partial charge on any atom is -1.00 e. The van der Waals surface area contributed by atoms with Crippen LogP contribution >= 0.6 is 0 Å². The van der Waals surface area contributed by atoms with Gasteiger partial charge in [-0.2, -0.15) is 0 Å². The molecule has 4 nitrogen and oxygen atoms in total. The van der Waals surface area contributed by atoms with E-state index in [1.54, 1.807) is 0 Å². The number of hydrogen-bond acceptors (Lipinski definition) is 3. The summed E-state index contributed by atoms with van der Waals surface area (Å²) in [7, 11) is 0. The first-order chi connectivity index (χ1) is 7.40. The van der Waals surface area contributed by atoms with Gasteiger partial charge in [0, 0.05) is 12.8 Å². The van der Waals surface area contributed by atoms with Gasteiger partial charge in [0.05, 0.1) is 26.2 Å². The maximum absolute atomic E-state index is 5.70. The third-order valence-corrected chi connectivity index (χ3v) is 3.88. The summed E-state index contributed by atoms with van der Waals surface area (Å²) < 4.78 is 2.57. The second-order valence-corrected chi connectivity index (χ2v) is 4.86. The van der Waals surface area contributed by atoms with E-state index in [1.807, 2.05) is 0 Å². The van der Waals surface area contributed by atoms with E-state index >= 15 is 0 Å². The fraction of sp³-hybridized carbons (Fsp3) is 0.909. The van der Waals surface area contributed by atoms with Crippen molar-refractivity contribution in [2.45, 2.75) is 25.3 Å². The molecule has 3 rings (SSSR count). The average molecular weight is 245 g/mol. The normalized spacial score (nSPS) is 27.9. The van der Waals surface area contributed by atoms with Gasteiger partial charge in [-0.3, -0.25) is 14.4 Å². The monoisotopic (exact) mass is 244 g/mol. The van der Waals surface area contributed by atoms with Crippen molar-refractivity contribution in [2.24, 2.45) is 5.73 Å². The number of nitrogens with two attached hydrogens (primary N) is 1. The molecule has 0 spiro atoms. The standard InChI is InChI=1S/C11H21N4.ClH/c12-4-3-10-9-14-7-1-5-13-6-2-8-15(10)11(13)14;/h10H,1-9,12H2;1H/q+1;/p-1. The van der Waals surface area contributed by atoms with Crippen molar-refractivity contribution >= 4 is 5.96 Å². The zero-order chi connectivity index (χ0) is 10.3. The van der Waals surface area contributed by atoms with E-state index in [0.717, 1.165) is 13.0 Å². The van der Waals surface area contributed by atoms with Gasteiger partial charge in [-0.25, -0.2) is 0 Å². The first-order valence-electron chi connectivity index (χ1n) is 6.23. The molecule has 5 heteroatoms. The lowest BCUT2D eigenvalue weighted by Gasteiger charge is -2.33.